The van der Waals surface area contributed by atoms with E-state index in [4.69, 9.17) is 4.74 Å². The van der Waals surface area contributed by atoms with Gasteiger partial charge in [0, 0.05) is 19.3 Å². The van der Waals surface area contributed by atoms with Gasteiger partial charge in [0.25, 0.3) is 0 Å². The van der Waals surface area contributed by atoms with Crippen LogP contribution in [0.3, 0.4) is 0 Å². The second kappa shape index (κ2) is 6.86. The fraction of sp³-hybridized carbons (Fsp3) is 0.917. The summed E-state index contributed by atoms with van der Waals surface area (Å²) in [5, 5.41) is 6.14. The lowest BCUT2D eigenvalue weighted by Gasteiger charge is -2.16. The molecule has 0 aromatic rings. The Kier molecular flexibility index (Phi) is 5.77. The molecular formula is C12H24N2O2. The Morgan fingerprint density at radius 1 is 1.44 bits per heavy atom. The average molecular weight is 228 g/mol. The lowest BCUT2D eigenvalue weighted by Crippen LogP contribution is -2.45. The molecule has 1 fully saturated rings. The molecule has 0 aromatic heterocycles. The lowest BCUT2D eigenvalue weighted by atomic mass is 10.1. The molecule has 4 nitrogen and oxygen atoms in total. The molecule has 0 aliphatic carbocycles. The third-order valence-electron chi connectivity index (χ3n) is 2.85. The first-order chi connectivity index (χ1) is 7.59. The molecule has 1 amide bonds. The first-order valence-electron chi connectivity index (χ1n) is 6.21. The van der Waals surface area contributed by atoms with Crippen LogP contribution in [0.4, 0.5) is 0 Å². The van der Waals surface area contributed by atoms with Crippen molar-refractivity contribution in [1.29, 1.82) is 0 Å². The SMILES string of the molecule is CC(C)NC(=O)C(C)NCCC1CCOC1. The first kappa shape index (κ1) is 13.5. The van der Waals surface area contributed by atoms with Crippen molar-refractivity contribution < 1.29 is 9.53 Å². The van der Waals surface area contributed by atoms with Crippen LogP contribution in [-0.2, 0) is 9.53 Å². The van der Waals surface area contributed by atoms with Gasteiger partial charge in [-0.05, 0) is 46.1 Å². The maximum Gasteiger partial charge on any atom is 0.237 e. The van der Waals surface area contributed by atoms with Gasteiger partial charge in [-0.2, -0.15) is 0 Å². The van der Waals surface area contributed by atoms with Crippen LogP contribution in [0.1, 0.15) is 33.6 Å². The van der Waals surface area contributed by atoms with E-state index in [1.807, 2.05) is 20.8 Å². The van der Waals surface area contributed by atoms with E-state index >= 15 is 0 Å². The molecule has 0 bridgehead atoms. The van der Waals surface area contributed by atoms with Gasteiger partial charge < -0.3 is 15.4 Å². The van der Waals surface area contributed by atoms with Crippen LogP contribution in [0.15, 0.2) is 0 Å². The van der Waals surface area contributed by atoms with Crippen LogP contribution in [-0.4, -0.2) is 37.7 Å². The zero-order valence-electron chi connectivity index (χ0n) is 10.6. The highest BCUT2D eigenvalue weighted by atomic mass is 16.5. The quantitative estimate of drug-likeness (QED) is 0.710. The number of rotatable bonds is 6. The van der Waals surface area contributed by atoms with Gasteiger partial charge in [-0.15, -0.1) is 0 Å². The molecule has 0 radical (unpaired) electrons. The van der Waals surface area contributed by atoms with E-state index in [-0.39, 0.29) is 18.0 Å². The number of ether oxygens (including phenoxy) is 1. The maximum atomic E-state index is 11.6. The molecule has 0 aromatic carbocycles. The van der Waals surface area contributed by atoms with Gasteiger partial charge in [-0.3, -0.25) is 4.79 Å². The number of carbonyl (C=O) groups excluding carboxylic acids is 1. The number of carbonyl (C=O) groups is 1. The molecule has 1 saturated heterocycles. The zero-order chi connectivity index (χ0) is 12.0. The van der Waals surface area contributed by atoms with Gasteiger partial charge in [0.15, 0.2) is 0 Å². The fourth-order valence-electron chi connectivity index (χ4n) is 1.82. The first-order valence-corrected chi connectivity index (χ1v) is 6.21. The van der Waals surface area contributed by atoms with Crippen molar-refractivity contribution in [1.82, 2.24) is 10.6 Å². The van der Waals surface area contributed by atoms with E-state index in [0.717, 1.165) is 32.6 Å². The van der Waals surface area contributed by atoms with Gasteiger partial charge >= 0.3 is 0 Å². The van der Waals surface area contributed by atoms with Crippen molar-refractivity contribution in [3.63, 3.8) is 0 Å². The van der Waals surface area contributed by atoms with Crippen molar-refractivity contribution in [2.75, 3.05) is 19.8 Å². The minimum atomic E-state index is -0.107. The molecule has 94 valence electrons. The van der Waals surface area contributed by atoms with Crippen molar-refractivity contribution in [2.24, 2.45) is 5.92 Å². The summed E-state index contributed by atoms with van der Waals surface area (Å²) in [5.74, 6) is 0.755. The molecule has 1 aliphatic rings. The molecule has 1 heterocycles. The minimum Gasteiger partial charge on any atom is -0.381 e. The molecule has 2 unspecified atom stereocenters. The smallest absolute Gasteiger partial charge is 0.237 e. The predicted octanol–water partition coefficient (Wildman–Crippen LogP) is 0.916. The Balaban J connectivity index is 2.09. The third-order valence-corrected chi connectivity index (χ3v) is 2.85. The molecule has 2 N–H and O–H groups in total. The molecule has 4 heteroatoms. The van der Waals surface area contributed by atoms with Crippen LogP contribution >= 0.6 is 0 Å². The van der Waals surface area contributed by atoms with Crippen LogP contribution in [0, 0.1) is 5.92 Å². The Hall–Kier alpha value is -0.610. The van der Waals surface area contributed by atoms with E-state index in [1.165, 1.54) is 0 Å². The molecule has 1 aliphatic heterocycles. The Bertz CT molecular complexity index is 213. The van der Waals surface area contributed by atoms with Crippen molar-refractivity contribution in [3.05, 3.63) is 0 Å². The second-order valence-corrected chi connectivity index (χ2v) is 4.86. The Labute approximate surface area is 98.1 Å². The van der Waals surface area contributed by atoms with Crippen LogP contribution in [0.25, 0.3) is 0 Å². The van der Waals surface area contributed by atoms with Gasteiger partial charge in [-0.1, -0.05) is 0 Å². The van der Waals surface area contributed by atoms with E-state index in [2.05, 4.69) is 10.6 Å². The van der Waals surface area contributed by atoms with Crippen LogP contribution in [0.2, 0.25) is 0 Å². The monoisotopic (exact) mass is 228 g/mol. The molecule has 0 spiro atoms. The predicted molar refractivity (Wildman–Crippen MR) is 64.3 cm³/mol. The van der Waals surface area contributed by atoms with Gasteiger partial charge in [-0.25, -0.2) is 0 Å². The lowest BCUT2D eigenvalue weighted by molar-refractivity contribution is -0.123. The van der Waals surface area contributed by atoms with Crippen molar-refractivity contribution in [2.45, 2.75) is 45.7 Å². The van der Waals surface area contributed by atoms with Gasteiger partial charge in [0.1, 0.15) is 0 Å². The third kappa shape index (κ3) is 4.94. The van der Waals surface area contributed by atoms with Crippen LogP contribution in [0.5, 0.6) is 0 Å². The molecule has 16 heavy (non-hydrogen) atoms. The summed E-state index contributed by atoms with van der Waals surface area (Å²) in [6, 6.07) is 0.102. The largest absolute Gasteiger partial charge is 0.381 e. The number of hydrogen-bond donors (Lipinski definition) is 2. The Morgan fingerprint density at radius 2 is 2.19 bits per heavy atom. The number of amides is 1. The zero-order valence-corrected chi connectivity index (χ0v) is 10.6. The molecule has 0 saturated carbocycles. The highest BCUT2D eigenvalue weighted by Crippen LogP contribution is 2.15. The fourth-order valence-corrected chi connectivity index (χ4v) is 1.82. The van der Waals surface area contributed by atoms with Gasteiger partial charge in [0.2, 0.25) is 5.91 Å². The topological polar surface area (TPSA) is 50.4 Å². The summed E-state index contributed by atoms with van der Waals surface area (Å²) in [7, 11) is 0. The summed E-state index contributed by atoms with van der Waals surface area (Å²) >= 11 is 0. The van der Waals surface area contributed by atoms with Crippen molar-refractivity contribution >= 4 is 5.91 Å². The summed E-state index contributed by atoms with van der Waals surface area (Å²) in [6.07, 6.45) is 2.26. The normalized spacial score (nSPS) is 22.4. The van der Waals surface area contributed by atoms with E-state index in [1.54, 1.807) is 0 Å². The van der Waals surface area contributed by atoms with Crippen molar-refractivity contribution in [3.8, 4) is 0 Å². The average Bonchev–Trinajstić information content (AvgIpc) is 2.69. The summed E-state index contributed by atoms with van der Waals surface area (Å²) < 4.78 is 5.31. The highest BCUT2D eigenvalue weighted by Gasteiger charge is 2.17. The Morgan fingerprint density at radius 3 is 2.75 bits per heavy atom. The number of nitrogens with one attached hydrogen (secondary N) is 2. The summed E-state index contributed by atoms with van der Waals surface area (Å²) in [5.41, 5.74) is 0. The molecule has 2 atom stereocenters. The summed E-state index contributed by atoms with van der Waals surface area (Å²) in [4.78, 5) is 11.6. The minimum absolute atomic E-state index is 0.0812. The highest BCUT2D eigenvalue weighted by molar-refractivity contribution is 5.81. The van der Waals surface area contributed by atoms with Crippen LogP contribution < -0.4 is 10.6 Å². The summed E-state index contributed by atoms with van der Waals surface area (Å²) in [6.45, 7) is 8.52. The maximum absolute atomic E-state index is 11.6. The molecule has 1 rings (SSSR count). The second-order valence-electron chi connectivity index (χ2n) is 4.86. The van der Waals surface area contributed by atoms with E-state index in [9.17, 15) is 4.79 Å². The number of hydrogen-bond acceptors (Lipinski definition) is 3. The molecular weight excluding hydrogens is 204 g/mol. The van der Waals surface area contributed by atoms with E-state index in [0.29, 0.717) is 5.92 Å². The standard InChI is InChI=1S/C12H24N2O2/c1-9(2)14-12(15)10(3)13-6-4-11-5-7-16-8-11/h9-11,13H,4-8H2,1-3H3,(H,14,15). The van der Waals surface area contributed by atoms with E-state index < -0.39 is 0 Å². The van der Waals surface area contributed by atoms with Gasteiger partial charge in [0.05, 0.1) is 6.04 Å².